The molecule has 24 heavy (non-hydrogen) atoms. The number of likely N-dealkylation sites (tertiary alicyclic amines) is 1. The Balaban J connectivity index is 1.77. The van der Waals surface area contributed by atoms with Crippen LogP contribution in [0.4, 0.5) is 0 Å². The maximum atomic E-state index is 12.5. The van der Waals surface area contributed by atoms with Gasteiger partial charge in [-0.05, 0) is 44.0 Å². The SMILES string of the molecule is CC(=O)c1ccc(-c2ccc(C(=O)N3CCC[C@H]3CO)cc2)nc1. The van der Waals surface area contributed by atoms with E-state index in [2.05, 4.69) is 4.98 Å². The van der Waals surface area contributed by atoms with E-state index in [4.69, 9.17) is 0 Å². The minimum Gasteiger partial charge on any atom is -0.394 e. The third-order valence-corrected chi connectivity index (χ3v) is 4.45. The van der Waals surface area contributed by atoms with Gasteiger partial charge in [0.25, 0.3) is 5.91 Å². The van der Waals surface area contributed by atoms with Gasteiger partial charge in [0.2, 0.25) is 0 Å². The normalized spacial score (nSPS) is 17.1. The molecule has 0 saturated carbocycles. The summed E-state index contributed by atoms with van der Waals surface area (Å²) in [6.07, 6.45) is 3.35. The summed E-state index contributed by atoms with van der Waals surface area (Å²) in [5.74, 6) is -0.0583. The summed E-state index contributed by atoms with van der Waals surface area (Å²) < 4.78 is 0. The molecule has 3 rings (SSSR count). The summed E-state index contributed by atoms with van der Waals surface area (Å²) in [4.78, 5) is 29.9. The van der Waals surface area contributed by atoms with Crippen LogP contribution in [0.15, 0.2) is 42.6 Å². The number of aliphatic hydroxyl groups is 1. The van der Waals surface area contributed by atoms with E-state index in [9.17, 15) is 14.7 Å². The van der Waals surface area contributed by atoms with Gasteiger partial charge < -0.3 is 10.0 Å². The van der Waals surface area contributed by atoms with Gasteiger partial charge >= 0.3 is 0 Å². The highest BCUT2D eigenvalue weighted by Crippen LogP contribution is 2.22. The summed E-state index contributed by atoms with van der Waals surface area (Å²) >= 11 is 0. The average molecular weight is 324 g/mol. The maximum absolute atomic E-state index is 12.5. The number of aromatic nitrogens is 1. The van der Waals surface area contributed by atoms with Crippen molar-refractivity contribution in [2.24, 2.45) is 0 Å². The number of aliphatic hydroxyl groups excluding tert-OH is 1. The van der Waals surface area contributed by atoms with Crippen molar-refractivity contribution in [2.45, 2.75) is 25.8 Å². The second-order valence-corrected chi connectivity index (χ2v) is 6.04. The highest BCUT2D eigenvalue weighted by molar-refractivity contribution is 5.95. The standard InChI is InChI=1S/C19H20N2O3/c1-13(23)16-8-9-18(20-11-16)14-4-6-15(7-5-14)19(24)21-10-2-3-17(21)12-22/h4-9,11,17,22H,2-3,10,12H2,1H3/t17-/m0/s1. The Morgan fingerprint density at radius 3 is 2.46 bits per heavy atom. The van der Waals surface area contributed by atoms with E-state index in [0.29, 0.717) is 17.7 Å². The number of hydrogen-bond acceptors (Lipinski definition) is 4. The number of hydrogen-bond donors (Lipinski definition) is 1. The van der Waals surface area contributed by atoms with Crippen molar-refractivity contribution in [2.75, 3.05) is 13.2 Å². The minimum absolute atomic E-state index is 0.0102. The molecular formula is C19H20N2O3. The number of ketones is 1. The lowest BCUT2D eigenvalue weighted by molar-refractivity contribution is 0.0677. The van der Waals surface area contributed by atoms with Crippen molar-refractivity contribution in [1.82, 2.24) is 9.88 Å². The highest BCUT2D eigenvalue weighted by atomic mass is 16.3. The molecule has 1 amide bonds. The zero-order chi connectivity index (χ0) is 17.1. The van der Waals surface area contributed by atoms with Crippen LogP contribution in [-0.4, -0.2) is 45.9 Å². The third-order valence-electron chi connectivity index (χ3n) is 4.45. The zero-order valence-electron chi connectivity index (χ0n) is 13.6. The third kappa shape index (κ3) is 3.21. The fourth-order valence-corrected chi connectivity index (χ4v) is 3.02. The summed E-state index contributed by atoms with van der Waals surface area (Å²) in [5, 5.41) is 9.36. The van der Waals surface area contributed by atoms with Gasteiger partial charge in [-0.15, -0.1) is 0 Å². The van der Waals surface area contributed by atoms with Crippen LogP contribution >= 0.6 is 0 Å². The molecule has 1 aromatic heterocycles. The molecule has 1 saturated heterocycles. The minimum atomic E-state index is -0.0713. The first kappa shape index (κ1) is 16.3. The Hall–Kier alpha value is -2.53. The van der Waals surface area contributed by atoms with Gasteiger partial charge in [0.05, 0.1) is 18.3 Å². The Morgan fingerprint density at radius 2 is 1.88 bits per heavy atom. The van der Waals surface area contributed by atoms with E-state index in [1.54, 1.807) is 35.4 Å². The molecule has 5 heteroatoms. The van der Waals surface area contributed by atoms with Crippen LogP contribution < -0.4 is 0 Å². The summed E-state index contributed by atoms with van der Waals surface area (Å²) in [7, 11) is 0. The van der Waals surface area contributed by atoms with Crippen LogP contribution in [0.3, 0.4) is 0 Å². The predicted octanol–water partition coefficient (Wildman–Crippen LogP) is 2.55. The van der Waals surface area contributed by atoms with Gasteiger partial charge in [0.1, 0.15) is 0 Å². The van der Waals surface area contributed by atoms with Crippen molar-refractivity contribution < 1.29 is 14.7 Å². The van der Waals surface area contributed by atoms with Crippen LogP contribution in [-0.2, 0) is 0 Å². The number of benzene rings is 1. The van der Waals surface area contributed by atoms with Crippen molar-refractivity contribution in [3.05, 3.63) is 53.7 Å². The van der Waals surface area contributed by atoms with Crippen LogP contribution in [0, 0.1) is 0 Å². The molecule has 5 nitrogen and oxygen atoms in total. The number of rotatable bonds is 4. The predicted molar refractivity (Wildman–Crippen MR) is 90.8 cm³/mol. The first-order valence-electron chi connectivity index (χ1n) is 8.09. The van der Waals surface area contributed by atoms with Crippen LogP contribution in [0.5, 0.6) is 0 Å². The number of nitrogens with zero attached hydrogens (tertiary/aromatic N) is 2. The fraction of sp³-hybridized carbons (Fsp3) is 0.316. The van der Waals surface area contributed by atoms with E-state index >= 15 is 0 Å². The van der Waals surface area contributed by atoms with E-state index < -0.39 is 0 Å². The van der Waals surface area contributed by atoms with Gasteiger partial charge in [0.15, 0.2) is 5.78 Å². The quantitative estimate of drug-likeness (QED) is 0.878. The molecule has 1 aromatic carbocycles. The smallest absolute Gasteiger partial charge is 0.254 e. The molecule has 0 bridgehead atoms. The Labute approximate surface area is 140 Å². The summed E-state index contributed by atoms with van der Waals surface area (Å²) in [5.41, 5.74) is 2.84. The molecule has 2 aromatic rings. The molecule has 0 radical (unpaired) electrons. The van der Waals surface area contributed by atoms with E-state index in [0.717, 1.165) is 24.1 Å². The zero-order valence-corrected chi connectivity index (χ0v) is 13.6. The fourth-order valence-electron chi connectivity index (χ4n) is 3.02. The summed E-state index contributed by atoms with van der Waals surface area (Å²) in [6, 6.07) is 10.8. The lowest BCUT2D eigenvalue weighted by Gasteiger charge is -2.23. The first-order valence-corrected chi connectivity index (χ1v) is 8.09. The van der Waals surface area contributed by atoms with Gasteiger partial charge in [-0.2, -0.15) is 0 Å². The second-order valence-electron chi connectivity index (χ2n) is 6.04. The van der Waals surface area contributed by atoms with Crippen molar-refractivity contribution in [3.63, 3.8) is 0 Å². The number of Topliss-reactive ketones (excluding diaryl/α,β-unsaturated/α-hetero) is 1. The highest BCUT2D eigenvalue weighted by Gasteiger charge is 2.28. The number of carbonyl (C=O) groups excluding carboxylic acids is 2. The Morgan fingerprint density at radius 1 is 1.17 bits per heavy atom. The topological polar surface area (TPSA) is 70.5 Å². The molecule has 2 heterocycles. The number of pyridine rings is 1. The largest absolute Gasteiger partial charge is 0.394 e. The van der Waals surface area contributed by atoms with Gasteiger partial charge in [0, 0.05) is 29.4 Å². The molecule has 1 fully saturated rings. The number of carbonyl (C=O) groups is 2. The molecule has 0 unspecified atom stereocenters. The molecule has 1 aliphatic heterocycles. The first-order chi connectivity index (χ1) is 11.6. The van der Waals surface area contributed by atoms with Crippen molar-refractivity contribution in [1.29, 1.82) is 0 Å². The van der Waals surface area contributed by atoms with Gasteiger partial charge in [-0.1, -0.05) is 12.1 Å². The van der Waals surface area contributed by atoms with Gasteiger partial charge in [-0.25, -0.2) is 0 Å². The molecule has 1 aliphatic rings. The maximum Gasteiger partial charge on any atom is 0.254 e. The molecule has 1 atom stereocenters. The van der Waals surface area contributed by atoms with E-state index in [1.165, 1.54) is 6.92 Å². The Kier molecular flexibility index (Phi) is 4.71. The van der Waals surface area contributed by atoms with Crippen LogP contribution in [0.1, 0.15) is 40.5 Å². The lowest BCUT2D eigenvalue weighted by Crippen LogP contribution is -2.37. The van der Waals surface area contributed by atoms with E-state index in [-0.39, 0.29) is 24.3 Å². The van der Waals surface area contributed by atoms with Crippen LogP contribution in [0.2, 0.25) is 0 Å². The number of amides is 1. The average Bonchev–Trinajstić information content (AvgIpc) is 3.10. The molecule has 1 N–H and O–H groups in total. The molecule has 124 valence electrons. The molecule has 0 spiro atoms. The van der Waals surface area contributed by atoms with Gasteiger partial charge in [-0.3, -0.25) is 14.6 Å². The second kappa shape index (κ2) is 6.93. The monoisotopic (exact) mass is 324 g/mol. The van der Waals surface area contributed by atoms with Crippen molar-refractivity contribution >= 4 is 11.7 Å². The molecule has 0 aliphatic carbocycles. The van der Waals surface area contributed by atoms with Crippen LogP contribution in [0.25, 0.3) is 11.3 Å². The van der Waals surface area contributed by atoms with E-state index in [1.807, 2.05) is 12.1 Å². The lowest BCUT2D eigenvalue weighted by atomic mass is 10.1. The van der Waals surface area contributed by atoms with Crippen molar-refractivity contribution in [3.8, 4) is 11.3 Å². The summed E-state index contributed by atoms with van der Waals surface area (Å²) in [6.45, 7) is 2.21. The Bertz CT molecular complexity index is 738. The molecular weight excluding hydrogens is 304 g/mol.